The van der Waals surface area contributed by atoms with Crippen molar-refractivity contribution >= 4 is 52.9 Å². The summed E-state index contributed by atoms with van der Waals surface area (Å²) >= 11 is 0. The number of ether oxygens (including phenoxy) is 3. The number of fused-ring (bicyclic) bond motifs is 3. The second-order valence-electron chi connectivity index (χ2n) is 18.6. The van der Waals surface area contributed by atoms with Crippen LogP contribution in [0.1, 0.15) is 85.5 Å². The number of hydrogen-bond acceptors (Lipinski definition) is 10. The molecule has 6 rings (SSSR count). The van der Waals surface area contributed by atoms with Crippen LogP contribution >= 0.6 is 0 Å². The molecule has 314 valence electrons. The largest absolute Gasteiger partial charge is 0.459 e. The van der Waals surface area contributed by atoms with Crippen LogP contribution in [0.5, 0.6) is 6.01 Å². The van der Waals surface area contributed by atoms with E-state index in [1.54, 1.807) is 27.7 Å². The number of alkyl carbamates (subject to hydrolysis) is 1. The number of sulfonamides is 1. The van der Waals surface area contributed by atoms with E-state index in [1.807, 2.05) is 41.0 Å². The van der Waals surface area contributed by atoms with Crippen molar-refractivity contribution in [3.05, 3.63) is 36.4 Å². The maximum Gasteiger partial charge on any atom is 0.408 e. The van der Waals surface area contributed by atoms with Crippen LogP contribution in [-0.4, -0.2) is 102 Å². The zero-order valence-electron chi connectivity index (χ0n) is 34.4. The molecular weight excluding hydrogens is 769 g/mol. The summed E-state index contributed by atoms with van der Waals surface area (Å²) in [5.41, 5.74) is -0.826. The molecule has 0 unspecified atom stereocenters. The predicted octanol–water partition coefficient (Wildman–Crippen LogP) is 4.98. The van der Waals surface area contributed by atoms with Gasteiger partial charge in [0.15, 0.2) is 0 Å². The molecule has 4 amide bonds. The van der Waals surface area contributed by atoms with Crippen molar-refractivity contribution in [3.63, 3.8) is 0 Å². The molecule has 57 heavy (non-hydrogen) atoms. The molecule has 2 aliphatic heterocycles. The van der Waals surface area contributed by atoms with Gasteiger partial charge in [0.25, 0.3) is 11.9 Å². The highest BCUT2D eigenvalue weighted by atomic mass is 32.2. The second-order valence-corrected chi connectivity index (χ2v) is 26.4. The molecule has 2 aliphatic carbocycles. The topological polar surface area (TPSA) is 187 Å². The SMILES string of the molecule is CC(C)(C)OC(=O)N[C@H]1CCCCC/C=C\[C@H]2C[C@@]2(C(=O)NS(=O)(=O)C2(C)CC2)NC(=O)[C@@H]2C[C@@H](Oc3nc4ccccc4n3COCC[Si](C)(C)C)CN2C1=O. The fraction of sp³-hybridized carbons (Fsp3) is 0.675. The third kappa shape index (κ3) is 10.2. The molecule has 3 N–H and O–H groups in total. The first-order chi connectivity index (χ1) is 26.7. The Bertz CT molecular complexity index is 1990. The zero-order chi connectivity index (χ0) is 41.4. The molecule has 0 bridgehead atoms. The van der Waals surface area contributed by atoms with Crippen LogP contribution in [0.2, 0.25) is 25.7 Å². The molecule has 0 spiro atoms. The molecular formula is C40H60N6O9SSi. The molecule has 1 aromatic heterocycles. The summed E-state index contributed by atoms with van der Waals surface area (Å²) in [7, 11) is -5.34. The zero-order valence-corrected chi connectivity index (χ0v) is 36.2. The van der Waals surface area contributed by atoms with Gasteiger partial charge in [0.05, 0.1) is 22.3 Å². The summed E-state index contributed by atoms with van der Waals surface area (Å²) < 4.78 is 47.7. The molecule has 1 aromatic carbocycles. The minimum absolute atomic E-state index is 0.0155. The van der Waals surface area contributed by atoms with Gasteiger partial charge in [0, 0.05) is 27.0 Å². The van der Waals surface area contributed by atoms with Gasteiger partial charge >= 0.3 is 6.09 Å². The number of aromatic nitrogens is 2. The van der Waals surface area contributed by atoms with Crippen molar-refractivity contribution in [2.45, 2.75) is 152 Å². The number of carbonyl (C=O) groups excluding carboxylic acids is 4. The Hall–Kier alpha value is -3.96. The molecule has 5 atom stereocenters. The van der Waals surface area contributed by atoms with E-state index in [9.17, 15) is 27.6 Å². The molecule has 2 saturated carbocycles. The van der Waals surface area contributed by atoms with Crippen molar-refractivity contribution in [1.29, 1.82) is 0 Å². The Morgan fingerprint density at radius 2 is 1.82 bits per heavy atom. The fourth-order valence-electron chi connectivity index (χ4n) is 7.35. The van der Waals surface area contributed by atoms with Crippen molar-refractivity contribution < 1.29 is 41.8 Å². The van der Waals surface area contributed by atoms with E-state index in [4.69, 9.17) is 19.2 Å². The lowest BCUT2D eigenvalue weighted by Crippen LogP contribution is -2.58. The highest BCUT2D eigenvalue weighted by Crippen LogP contribution is 2.47. The monoisotopic (exact) mass is 828 g/mol. The number of amides is 4. The van der Waals surface area contributed by atoms with Crippen molar-refractivity contribution in [2.75, 3.05) is 13.2 Å². The van der Waals surface area contributed by atoms with Gasteiger partial charge in [-0.1, -0.05) is 56.8 Å². The minimum atomic E-state index is -3.99. The summed E-state index contributed by atoms with van der Waals surface area (Å²) in [4.78, 5) is 62.2. The lowest BCUT2D eigenvalue weighted by molar-refractivity contribution is -0.141. The maximum absolute atomic E-state index is 14.6. The van der Waals surface area contributed by atoms with Crippen LogP contribution in [0.15, 0.2) is 36.4 Å². The maximum atomic E-state index is 14.6. The predicted molar refractivity (Wildman–Crippen MR) is 217 cm³/mol. The van der Waals surface area contributed by atoms with Gasteiger partial charge in [0.1, 0.15) is 36.1 Å². The molecule has 17 heteroatoms. The lowest BCUT2D eigenvalue weighted by Gasteiger charge is -2.30. The van der Waals surface area contributed by atoms with Gasteiger partial charge < -0.3 is 29.7 Å². The highest BCUT2D eigenvalue weighted by molar-refractivity contribution is 7.91. The number of nitrogens with zero attached hydrogens (tertiary/aromatic N) is 3. The van der Waals surface area contributed by atoms with Crippen molar-refractivity contribution in [1.82, 2.24) is 29.8 Å². The average molecular weight is 829 g/mol. The molecule has 3 fully saturated rings. The van der Waals surface area contributed by atoms with E-state index in [1.165, 1.54) is 4.90 Å². The van der Waals surface area contributed by atoms with Crippen LogP contribution in [-0.2, 0) is 40.6 Å². The van der Waals surface area contributed by atoms with E-state index in [2.05, 4.69) is 35.0 Å². The van der Waals surface area contributed by atoms with Gasteiger partial charge in [-0.05, 0) is 84.4 Å². The summed E-state index contributed by atoms with van der Waals surface area (Å²) in [5.74, 6) is -2.34. The second kappa shape index (κ2) is 16.4. The van der Waals surface area contributed by atoms with Crippen LogP contribution < -0.4 is 20.1 Å². The smallest absolute Gasteiger partial charge is 0.408 e. The minimum Gasteiger partial charge on any atom is -0.459 e. The molecule has 4 aliphatic rings. The first kappa shape index (κ1) is 42.6. The van der Waals surface area contributed by atoms with E-state index in [0.29, 0.717) is 44.2 Å². The Kier molecular flexibility index (Phi) is 12.2. The van der Waals surface area contributed by atoms with Crippen molar-refractivity contribution in [3.8, 4) is 6.01 Å². The first-order valence-corrected chi connectivity index (χ1v) is 25.4. The summed E-state index contributed by atoms with van der Waals surface area (Å²) in [6.07, 6.45) is 6.69. The van der Waals surface area contributed by atoms with Crippen LogP contribution in [0.4, 0.5) is 4.79 Å². The normalized spacial score (nSPS) is 27.2. The Labute approximate surface area is 337 Å². The number of nitrogens with one attached hydrogen (secondary N) is 3. The summed E-state index contributed by atoms with van der Waals surface area (Å²) in [6.45, 7) is 14.4. The number of hydrogen-bond donors (Lipinski definition) is 3. The quantitative estimate of drug-likeness (QED) is 0.158. The summed E-state index contributed by atoms with van der Waals surface area (Å²) in [5, 5.41) is 5.67. The Balaban J connectivity index is 1.30. The Morgan fingerprint density at radius 3 is 2.53 bits per heavy atom. The molecule has 2 aromatic rings. The van der Waals surface area contributed by atoms with Gasteiger partial charge in [-0.15, -0.1) is 0 Å². The van der Waals surface area contributed by atoms with Crippen molar-refractivity contribution in [2.24, 2.45) is 5.92 Å². The number of allylic oxidation sites excluding steroid dienone is 1. The number of para-hydroxylation sites is 2. The van der Waals surface area contributed by atoms with E-state index in [-0.39, 0.29) is 32.1 Å². The molecule has 0 radical (unpaired) electrons. The number of carbonyl (C=O) groups is 4. The average Bonchev–Trinajstić information content (AvgIpc) is 3.94. The van der Waals surface area contributed by atoms with Gasteiger partial charge in [-0.2, -0.15) is 4.98 Å². The third-order valence-electron chi connectivity index (χ3n) is 11.3. The van der Waals surface area contributed by atoms with E-state index < -0.39 is 81.9 Å². The number of rotatable bonds is 11. The number of imidazole rings is 1. The van der Waals surface area contributed by atoms with Gasteiger partial charge in [-0.25, -0.2) is 13.2 Å². The van der Waals surface area contributed by atoms with E-state index >= 15 is 0 Å². The fourth-order valence-corrected chi connectivity index (χ4v) is 9.42. The number of benzene rings is 1. The highest BCUT2D eigenvalue weighted by Gasteiger charge is 2.63. The molecule has 15 nitrogen and oxygen atoms in total. The summed E-state index contributed by atoms with van der Waals surface area (Å²) in [6, 6.07) is 6.71. The van der Waals surface area contributed by atoms with E-state index in [0.717, 1.165) is 24.4 Å². The molecule has 1 saturated heterocycles. The first-order valence-electron chi connectivity index (χ1n) is 20.3. The Morgan fingerprint density at radius 1 is 1.09 bits per heavy atom. The van der Waals surface area contributed by atoms with Crippen LogP contribution in [0.3, 0.4) is 0 Å². The lowest BCUT2D eigenvalue weighted by atomic mass is 10.0. The molecule has 3 heterocycles. The van der Waals surface area contributed by atoms with Gasteiger partial charge in [-0.3, -0.25) is 23.7 Å². The standard InChI is InChI=1S/C40H60N6O9SSi/c1-38(2,3)55-37(50)42-30-17-12-10-8-9-11-15-27-24-40(27,35(49)44-56(51,52)39(4)19-20-39)43-33(47)32-23-28(25-45(32)34(30)48)54-36-41-29-16-13-14-18-31(29)46(36)26-53-21-22-57(5,6)7/h11,13-16,18,27-28,30,32H,8-10,12,17,19-26H2,1-7H3,(H,42,50)(H,43,47)(H,44,49)/b15-11-/t27-,28+,30-,32-,40+/m0/s1. The van der Waals surface area contributed by atoms with Gasteiger partial charge in [0.2, 0.25) is 21.8 Å². The third-order valence-corrected chi connectivity index (χ3v) is 15.1. The van der Waals surface area contributed by atoms with Crippen LogP contribution in [0.25, 0.3) is 11.0 Å². The van der Waals surface area contributed by atoms with Crippen LogP contribution in [0, 0.1) is 5.92 Å².